The Labute approximate surface area is 323 Å². The van der Waals surface area contributed by atoms with Crippen LogP contribution in [0.15, 0.2) is 54.6 Å². The van der Waals surface area contributed by atoms with Crippen molar-refractivity contribution < 1.29 is 37.6 Å². The van der Waals surface area contributed by atoms with E-state index in [0.717, 1.165) is 22.3 Å². The number of hydrogen-bond donors (Lipinski definition) is 2. The summed E-state index contributed by atoms with van der Waals surface area (Å²) in [5, 5.41) is 6.13. The van der Waals surface area contributed by atoms with Crippen molar-refractivity contribution >= 4 is 72.0 Å². The average Bonchev–Trinajstić information content (AvgIpc) is 3.90. The predicted molar refractivity (Wildman–Crippen MR) is 209 cm³/mol. The minimum Gasteiger partial charge on any atom is -0.459 e. The monoisotopic (exact) mass is 874 g/mol. The van der Waals surface area contributed by atoms with Crippen molar-refractivity contribution in [3.8, 4) is 0 Å². The predicted octanol–water partition coefficient (Wildman–Crippen LogP) is 6.88. The van der Waals surface area contributed by atoms with E-state index in [1.807, 2.05) is 64.1 Å². The number of esters is 2. The first-order chi connectivity index (χ1) is 24.6. The number of aryl methyl sites for hydroxylation is 1. The number of amides is 2. The van der Waals surface area contributed by atoms with E-state index in [1.54, 1.807) is 26.0 Å². The van der Waals surface area contributed by atoms with Crippen LogP contribution in [0, 0.1) is 24.2 Å². The minimum absolute atomic E-state index is 0.00793. The lowest BCUT2D eigenvalue weighted by Gasteiger charge is -2.29. The van der Waals surface area contributed by atoms with E-state index >= 15 is 0 Å². The van der Waals surface area contributed by atoms with Gasteiger partial charge in [-0.05, 0) is 67.5 Å². The largest absolute Gasteiger partial charge is 0.459 e. The Bertz CT molecular complexity index is 1680. The lowest BCUT2D eigenvalue weighted by molar-refractivity contribution is -0.179. The molecule has 2 aromatic rings. The summed E-state index contributed by atoms with van der Waals surface area (Å²) in [6.45, 7) is 11.2. The molecule has 2 heterocycles. The molecule has 0 saturated carbocycles. The zero-order chi connectivity index (χ0) is 38.2. The Hall–Kier alpha value is -2.35. The minimum atomic E-state index is -1.20. The number of carbonyl (C=O) groups is 4. The molecular weight excluding hydrogens is 826 g/mol. The van der Waals surface area contributed by atoms with Crippen molar-refractivity contribution in [1.82, 2.24) is 10.6 Å². The van der Waals surface area contributed by atoms with Gasteiger partial charge in [0, 0.05) is 59.1 Å². The number of halogens is 2. The third-order valence-electron chi connectivity index (χ3n) is 8.93. The van der Waals surface area contributed by atoms with Crippen molar-refractivity contribution in [2.24, 2.45) is 17.3 Å². The quantitative estimate of drug-likeness (QED) is 0.114. The van der Waals surface area contributed by atoms with Crippen molar-refractivity contribution in [2.45, 2.75) is 97.9 Å². The number of ether oxygens (including phenoxy) is 3. The number of rotatable bonds is 10. The van der Waals surface area contributed by atoms with Crippen LogP contribution in [0.1, 0.15) is 75.8 Å². The summed E-state index contributed by atoms with van der Waals surface area (Å²) in [6, 6.07) is 12.4. The van der Waals surface area contributed by atoms with Gasteiger partial charge in [-0.3, -0.25) is 14.4 Å². The average molecular weight is 875 g/mol. The van der Waals surface area contributed by atoms with Crippen LogP contribution >= 0.6 is 40.8 Å². The molecule has 278 valence electrons. The molecule has 0 aromatic heterocycles. The number of epoxide rings is 1. The Morgan fingerprint density at radius 3 is 2.47 bits per heavy atom. The molecule has 7 atom stereocenters. The second-order valence-electron chi connectivity index (χ2n) is 14.2. The van der Waals surface area contributed by atoms with Gasteiger partial charge in [0.25, 0.3) is 0 Å². The molecular formula is C37H47ClIN2O8PS. The first-order valence-corrected chi connectivity index (χ1v) is 22.0. The molecule has 2 aromatic carbocycles. The molecule has 1 saturated heterocycles. The normalized spacial score (nSPS) is 26.7. The van der Waals surface area contributed by atoms with Gasteiger partial charge in [0.1, 0.15) is 19.5 Å². The van der Waals surface area contributed by atoms with E-state index in [4.69, 9.17) is 31.3 Å². The summed E-state index contributed by atoms with van der Waals surface area (Å²) in [7, 11) is -0.0313. The molecule has 51 heavy (non-hydrogen) atoms. The fraction of sp³-hybridized carbons (Fsp3) is 0.514. The molecule has 2 aliphatic rings. The Morgan fingerprint density at radius 1 is 1.10 bits per heavy atom. The lowest BCUT2D eigenvalue weighted by atomic mass is 9.92. The summed E-state index contributed by atoms with van der Waals surface area (Å²) in [5.41, 5.74) is 2.39. The van der Waals surface area contributed by atoms with Gasteiger partial charge in [-0.15, -0.1) is 0 Å². The summed E-state index contributed by atoms with van der Waals surface area (Å²) in [5.74, 6) is -2.60. The van der Waals surface area contributed by atoms with Crippen LogP contribution in [0.4, 0.5) is 0 Å². The molecule has 10 nitrogen and oxygen atoms in total. The number of benzene rings is 2. The zero-order valence-electron chi connectivity index (χ0n) is 30.7. The fourth-order valence-electron chi connectivity index (χ4n) is 5.67. The third-order valence-corrected chi connectivity index (χ3v) is 10.7. The lowest BCUT2D eigenvalue weighted by Crippen LogP contribution is -2.51. The van der Waals surface area contributed by atoms with Crippen LogP contribution in [-0.2, 0) is 58.1 Å². The topological polar surface area (TPSA) is 133 Å². The molecule has 0 aliphatic carbocycles. The second-order valence-corrected chi connectivity index (χ2v) is 20.7. The SMILES string of the molecule is [3H]P=S(I)OCc1ccc([C@H]2O[C@@H]2[C@@H](C)[C@@H]2C/C=C/C(=O)N[C@H](Cc3ccc(C)c(Cl)c3)C(=O)NCC(C)(C)C(=O)O[C@@H](CC(C)C)C(=O)O2)cc1. The Kier molecular flexibility index (Phi) is 14.5. The van der Waals surface area contributed by atoms with E-state index in [1.165, 1.54) is 6.08 Å². The molecule has 1 unspecified atom stereocenters. The highest BCUT2D eigenvalue weighted by molar-refractivity contribution is 14.2. The van der Waals surface area contributed by atoms with Gasteiger partial charge >= 0.3 is 11.9 Å². The molecule has 2 N–H and O–H groups in total. The number of carbonyl (C=O) groups excluding carboxylic acids is 4. The molecule has 2 aliphatic heterocycles. The first kappa shape index (κ1) is 39.8. The maximum Gasteiger partial charge on any atom is 0.347 e. The number of nitrogens with one attached hydrogen (secondary N) is 2. The highest BCUT2D eigenvalue weighted by Gasteiger charge is 2.48. The summed E-state index contributed by atoms with van der Waals surface area (Å²) >= 11 is 8.46. The van der Waals surface area contributed by atoms with Gasteiger partial charge in [0.2, 0.25) is 11.8 Å². The number of cyclic esters (lactones) is 2. The van der Waals surface area contributed by atoms with Gasteiger partial charge in [-0.1, -0.05) is 82.8 Å². The first-order valence-electron chi connectivity index (χ1n) is 17.4. The molecule has 1 fully saturated rings. The van der Waals surface area contributed by atoms with E-state index in [0.29, 0.717) is 19.6 Å². The van der Waals surface area contributed by atoms with E-state index in [9.17, 15) is 19.2 Å². The van der Waals surface area contributed by atoms with Gasteiger partial charge in [0.05, 0.1) is 18.1 Å². The maximum absolute atomic E-state index is 13.7. The summed E-state index contributed by atoms with van der Waals surface area (Å²) in [4.78, 5) is 53.9. The van der Waals surface area contributed by atoms with E-state index < -0.39 is 54.9 Å². The van der Waals surface area contributed by atoms with Crippen molar-refractivity contribution in [2.75, 3.05) is 6.54 Å². The maximum atomic E-state index is 13.7. The van der Waals surface area contributed by atoms with Crippen LogP contribution in [0.25, 0.3) is 0 Å². The van der Waals surface area contributed by atoms with Crippen molar-refractivity contribution in [3.63, 3.8) is 0 Å². The van der Waals surface area contributed by atoms with Crippen LogP contribution in [0.3, 0.4) is 0 Å². The van der Waals surface area contributed by atoms with Crippen molar-refractivity contribution in [1.29, 1.82) is 1.28 Å². The highest BCUT2D eigenvalue weighted by Crippen LogP contribution is 2.45. The van der Waals surface area contributed by atoms with Crippen molar-refractivity contribution in [3.05, 3.63) is 81.9 Å². The van der Waals surface area contributed by atoms with Gasteiger partial charge in [-0.25, -0.2) is 4.79 Å². The van der Waals surface area contributed by atoms with E-state index in [-0.39, 0.29) is 49.9 Å². The van der Waals surface area contributed by atoms with Crippen LogP contribution in [0.2, 0.25) is 5.02 Å². The van der Waals surface area contributed by atoms with Crippen LogP contribution in [-0.4, -0.2) is 55.9 Å². The number of hydrogen-bond acceptors (Lipinski definition) is 8. The summed E-state index contributed by atoms with van der Waals surface area (Å²) in [6.07, 6.45) is 1.17. The van der Waals surface area contributed by atoms with Gasteiger partial charge in [0.15, 0.2) is 6.10 Å². The Morgan fingerprint density at radius 2 is 1.80 bits per heavy atom. The molecule has 0 bridgehead atoms. The molecule has 2 amide bonds. The standard InChI is InChI=1S/C37H47ClIN2O8PS/c1-21(2)16-30-35(44)47-29(23(4)32-33(49-32)26-14-12-24(13-15-26)19-46-51(39)50)8-7-9-31(42)41-28(18-25-11-10-22(3)27(38)17-25)34(43)40-20-37(5,6)36(45)48-30/h7,9-15,17,21,23,28-30,32-33,50H,8,16,18-20H2,1-6H3,(H,40,43)(H,41,42)/b9-7+/t23-,28+,29-,30-,32+,33+,51?/m0/s1/i50T. The molecule has 0 radical (unpaired) electrons. The fourth-order valence-corrected chi connectivity index (χ4v) is 6.64. The highest BCUT2D eigenvalue weighted by atomic mass is 127. The van der Waals surface area contributed by atoms with Crippen LogP contribution < -0.4 is 10.6 Å². The zero-order valence-corrected chi connectivity index (χ0v) is 34.3. The molecule has 0 spiro atoms. The Balaban J connectivity index is 1.57. The second kappa shape index (κ2) is 18.6. The smallest absolute Gasteiger partial charge is 0.347 e. The molecule has 14 heteroatoms. The summed E-state index contributed by atoms with van der Waals surface area (Å²) < 4.78 is 31.1. The van der Waals surface area contributed by atoms with Gasteiger partial charge in [-0.2, -0.15) is 0 Å². The van der Waals surface area contributed by atoms with Gasteiger partial charge < -0.3 is 29.0 Å². The third kappa shape index (κ3) is 12.4. The van der Waals surface area contributed by atoms with Crippen LogP contribution in [0.5, 0.6) is 0 Å². The van der Waals surface area contributed by atoms with E-state index in [2.05, 4.69) is 31.8 Å². The molecule has 4 rings (SSSR count).